The van der Waals surface area contributed by atoms with Crippen molar-refractivity contribution in [1.82, 2.24) is 10.3 Å². The number of nitrogens with one attached hydrogen (secondary N) is 1. The summed E-state index contributed by atoms with van der Waals surface area (Å²) in [5.41, 5.74) is 0. The second-order valence-electron chi connectivity index (χ2n) is 3.75. The van der Waals surface area contributed by atoms with E-state index in [1.165, 1.54) is 32.1 Å². The van der Waals surface area contributed by atoms with Gasteiger partial charge in [-0.05, 0) is 13.3 Å². The molecule has 1 unspecified atom stereocenters. The summed E-state index contributed by atoms with van der Waals surface area (Å²) in [6.07, 6.45) is 8.39. The summed E-state index contributed by atoms with van der Waals surface area (Å²) in [6.45, 7) is 5.23. The third-order valence-corrected chi connectivity index (χ3v) is 2.35. The number of hydrogen-bond donors (Lipinski definition) is 1. The summed E-state index contributed by atoms with van der Waals surface area (Å²) >= 11 is 0. The maximum absolute atomic E-state index is 5.14. The van der Waals surface area contributed by atoms with Gasteiger partial charge >= 0.3 is 0 Å². The van der Waals surface area contributed by atoms with Crippen LogP contribution in [0.3, 0.4) is 0 Å². The molecule has 3 nitrogen and oxygen atoms in total. The van der Waals surface area contributed by atoms with E-state index in [0.717, 1.165) is 12.3 Å². The number of oxazole rings is 1. The van der Waals surface area contributed by atoms with Crippen molar-refractivity contribution in [2.24, 2.45) is 0 Å². The highest BCUT2D eigenvalue weighted by Gasteiger charge is 2.02. The van der Waals surface area contributed by atoms with Gasteiger partial charge in [0.2, 0.25) is 0 Å². The highest BCUT2D eigenvalue weighted by atomic mass is 16.3. The first-order valence-corrected chi connectivity index (χ1v) is 5.43. The minimum atomic E-state index is 0.562. The van der Waals surface area contributed by atoms with E-state index in [0.29, 0.717) is 6.04 Å². The predicted octanol–water partition coefficient (Wildman–Crippen LogP) is 2.73. The lowest BCUT2D eigenvalue weighted by molar-refractivity contribution is 0.433. The molecule has 14 heavy (non-hydrogen) atoms. The zero-order valence-corrected chi connectivity index (χ0v) is 9.12. The van der Waals surface area contributed by atoms with Crippen molar-refractivity contribution in [2.45, 2.75) is 52.1 Å². The lowest BCUT2D eigenvalue weighted by atomic mass is 10.1. The Balaban J connectivity index is 2.06. The first-order chi connectivity index (χ1) is 6.83. The molecule has 0 saturated carbocycles. The van der Waals surface area contributed by atoms with E-state index in [1.807, 2.05) is 0 Å². The van der Waals surface area contributed by atoms with Crippen molar-refractivity contribution in [1.29, 1.82) is 0 Å². The van der Waals surface area contributed by atoms with Crippen molar-refractivity contribution in [3.05, 3.63) is 18.4 Å². The average molecular weight is 196 g/mol. The Bertz CT molecular complexity index is 221. The number of nitrogens with zero attached hydrogens (tertiary/aromatic N) is 1. The van der Waals surface area contributed by atoms with Crippen molar-refractivity contribution in [3.63, 3.8) is 0 Å². The van der Waals surface area contributed by atoms with E-state index >= 15 is 0 Å². The Kier molecular flexibility index (Phi) is 5.30. The van der Waals surface area contributed by atoms with Gasteiger partial charge in [-0.1, -0.05) is 26.2 Å². The van der Waals surface area contributed by atoms with Crippen LogP contribution in [0.2, 0.25) is 0 Å². The van der Waals surface area contributed by atoms with Crippen LogP contribution >= 0.6 is 0 Å². The largest absolute Gasteiger partial charge is 0.447 e. The monoisotopic (exact) mass is 196 g/mol. The lowest BCUT2D eigenvalue weighted by Crippen LogP contribution is -2.25. The van der Waals surface area contributed by atoms with Gasteiger partial charge in [-0.3, -0.25) is 0 Å². The van der Waals surface area contributed by atoms with Crippen LogP contribution < -0.4 is 5.32 Å². The second-order valence-corrected chi connectivity index (χ2v) is 3.75. The topological polar surface area (TPSA) is 38.1 Å². The molecule has 0 aliphatic rings. The summed E-state index contributed by atoms with van der Waals surface area (Å²) in [5, 5.41) is 3.41. The van der Waals surface area contributed by atoms with Gasteiger partial charge in [0.1, 0.15) is 5.76 Å². The summed E-state index contributed by atoms with van der Waals surface area (Å²) in [4.78, 5) is 3.87. The predicted molar refractivity (Wildman–Crippen MR) is 56.9 cm³/mol. The van der Waals surface area contributed by atoms with Gasteiger partial charge in [-0.15, -0.1) is 0 Å². The van der Waals surface area contributed by atoms with Gasteiger partial charge in [0, 0.05) is 6.04 Å². The SMILES string of the molecule is CCCCCC(C)NCc1cnco1. The van der Waals surface area contributed by atoms with Crippen LogP contribution in [0.1, 0.15) is 45.3 Å². The van der Waals surface area contributed by atoms with Crippen molar-refractivity contribution >= 4 is 0 Å². The molecule has 0 aromatic carbocycles. The number of aromatic nitrogens is 1. The molecule has 0 radical (unpaired) electrons. The molecule has 0 saturated heterocycles. The number of unbranched alkanes of at least 4 members (excludes halogenated alkanes) is 2. The van der Waals surface area contributed by atoms with Crippen LogP contribution in [0.4, 0.5) is 0 Å². The zero-order valence-electron chi connectivity index (χ0n) is 9.12. The van der Waals surface area contributed by atoms with Gasteiger partial charge in [-0.25, -0.2) is 4.98 Å². The molecule has 3 heteroatoms. The smallest absolute Gasteiger partial charge is 0.180 e. The molecule has 80 valence electrons. The molecular weight excluding hydrogens is 176 g/mol. The van der Waals surface area contributed by atoms with Gasteiger partial charge in [-0.2, -0.15) is 0 Å². The van der Waals surface area contributed by atoms with Crippen LogP contribution in [0.25, 0.3) is 0 Å². The first kappa shape index (κ1) is 11.2. The molecule has 0 spiro atoms. The van der Waals surface area contributed by atoms with Crippen molar-refractivity contribution < 1.29 is 4.42 Å². The third-order valence-electron chi connectivity index (χ3n) is 2.35. The number of rotatable bonds is 7. The third kappa shape index (κ3) is 4.42. The molecule has 1 rings (SSSR count). The van der Waals surface area contributed by atoms with Gasteiger partial charge < -0.3 is 9.73 Å². The molecule has 1 aromatic rings. The second kappa shape index (κ2) is 6.60. The van der Waals surface area contributed by atoms with Crippen molar-refractivity contribution in [3.8, 4) is 0 Å². The number of hydrogen-bond acceptors (Lipinski definition) is 3. The molecule has 1 atom stereocenters. The summed E-state index contributed by atoms with van der Waals surface area (Å²) in [5.74, 6) is 0.910. The molecule has 1 heterocycles. The van der Waals surface area contributed by atoms with Gasteiger partial charge in [0.15, 0.2) is 6.39 Å². The molecule has 0 amide bonds. The highest BCUT2D eigenvalue weighted by Crippen LogP contribution is 2.04. The summed E-state index contributed by atoms with van der Waals surface area (Å²) in [7, 11) is 0. The summed E-state index contributed by atoms with van der Waals surface area (Å²) in [6, 6.07) is 0.562. The maximum Gasteiger partial charge on any atom is 0.180 e. The Morgan fingerprint density at radius 2 is 2.36 bits per heavy atom. The van der Waals surface area contributed by atoms with Gasteiger partial charge in [0.05, 0.1) is 12.7 Å². The maximum atomic E-state index is 5.14. The van der Waals surface area contributed by atoms with E-state index in [1.54, 1.807) is 6.20 Å². The van der Waals surface area contributed by atoms with Crippen LogP contribution in [0.15, 0.2) is 17.0 Å². The van der Waals surface area contributed by atoms with Crippen LogP contribution in [0, 0.1) is 0 Å². The standard InChI is InChI=1S/C11H20N2O/c1-3-4-5-6-10(2)13-8-11-7-12-9-14-11/h7,9-10,13H,3-6,8H2,1-2H3. The molecule has 0 aliphatic carbocycles. The fourth-order valence-electron chi connectivity index (χ4n) is 1.41. The Labute approximate surface area is 85.9 Å². The molecule has 1 N–H and O–H groups in total. The quantitative estimate of drug-likeness (QED) is 0.681. The van der Waals surface area contributed by atoms with E-state index in [2.05, 4.69) is 24.1 Å². The summed E-state index contributed by atoms with van der Waals surface area (Å²) < 4.78 is 5.14. The average Bonchev–Trinajstić information content (AvgIpc) is 2.68. The first-order valence-electron chi connectivity index (χ1n) is 5.43. The van der Waals surface area contributed by atoms with Gasteiger partial charge in [0.25, 0.3) is 0 Å². The van der Waals surface area contributed by atoms with Crippen LogP contribution in [0.5, 0.6) is 0 Å². The zero-order chi connectivity index (χ0) is 10.2. The molecule has 0 fully saturated rings. The molecular formula is C11H20N2O. The van der Waals surface area contributed by atoms with E-state index < -0.39 is 0 Å². The minimum absolute atomic E-state index is 0.562. The minimum Gasteiger partial charge on any atom is -0.447 e. The van der Waals surface area contributed by atoms with Crippen LogP contribution in [-0.4, -0.2) is 11.0 Å². The molecule has 0 aliphatic heterocycles. The van der Waals surface area contributed by atoms with Crippen molar-refractivity contribution in [2.75, 3.05) is 0 Å². The molecule has 1 aromatic heterocycles. The Hall–Kier alpha value is -0.830. The Morgan fingerprint density at radius 1 is 1.50 bits per heavy atom. The lowest BCUT2D eigenvalue weighted by Gasteiger charge is -2.11. The Morgan fingerprint density at radius 3 is 3.00 bits per heavy atom. The van der Waals surface area contributed by atoms with E-state index in [4.69, 9.17) is 4.42 Å². The van der Waals surface area contributed by atoms with E-state index in [9.17, 15) is 0 Å². The molecule has 0 bridgehead atoms. The van der Waals surface area contributed by atoms with Crippen LogP contribution in [-0.2, 0) is 6.54 Å². The highest BCUT2D eigenvalue weighted by molar-refractivity contribution is 4.87. The fraction of sp³-hybridized carbons (Fsp3) is 0.727. The fourth-order valence-corrected chi connectivity index (χ4v) is 1.41. The normalized spacial score (nSPS) is 13.0. The van der Waals surface area contributed by atoms with E-state index in [-0.39, 0.29) is 0 Å².